The zero-order valence-electron chi connectivity index (χ0n) is 8.46. The van der Waals surface area contributed by atoms with E-state index >= 15 is 0 Å². The van der Waals surface area contributed by atoms with Gasteiger partial charge in [0, 0.05) is 17.1 Å². The fraction of sp³-hybridized carbons (Fsp3) is 0.364. The van der Waals surface area contributed by atoms with Crippen LogP contribution in [0.25, 0.3) is 5.57 Å². The van der Waals surface area contributed by atoms with E-state index in [1.807, 2.05) is 12.3 Å². The lowest BCUT2D eigenvalue weighted by Crippen LogP contribution is -1.92. The predicted molar refractivity (Wildman–Crippen MR) is 62.4 cm³/mol. The lowest BCUT2D eigenvalue weighted by atomic mass is 10.1. The highest BCUT2D eigenvalue weighted by Gasteiger charge is 2.01. The molecule has 0 atom stereocenters. The Morgan fingerprint density at radius 1 is 1.57 bits per heavy atom. The Balaban J connectivity index is 2.89. The molecule has 0 aliphatic heterocycles. The van der Waals surface area contributed by atoms with E-state index in [2.05, 4.69) is 33.9 Å². The molecule has 76 valence electrons. The van der Waals surface area contributed by atoms with Crippen molar-refractivity contribution < 1.29 is 4.74 Å². The fourth-order valence-corrected chi connectivity index (χ4v) is 1.55. The Labute approximate surface area is 93.1 Å². The first kappa shape index (κ1) is 11.2. The third-order valence-electron chi connectivity index (χ3n) is 1.97. The lowest BCUT2D eigenvalue weighted by Gasteiger charge is -2.03. The van der Waals surface area contributed by atoms with Crippen LogP contribution in [-0.4, -0.2) is 17.4 Å². The van der Waals surface area contributed by atoms with Crippen LogP contribution in [-0.2, 0) is 11.2 Å². The van der Waals surface area contributed by atoms with Gasteiger partial charge in [-0.05, 0) is 18.1 Å². The smallest absolute Gasteiger partial charge is 0.0886 e. The lowest BCUT2D eigenvalue weighted by molar-refractivity contribution is 0.339. The van der Waals surface area contributed by atoms with Crippen LogP contribution >= 0.6 is 15.9 Å². The van der Waals surface area contributed by atoms with E-state index in [0.717, 1.165) is 23.0 Å². The number of allylic oxidation sites excluding steroid dienone is 1. The number of aryl methyl sites for hydroxylation is 1. The van der Waals surface area contributed by atoms with Gasteiger partial charge in [-0.1, -0.05) is 28.9 Å². The molecule has 1 heterocycles. The predicted octanol–water partition coefficient (Wildman–Crippen LogP) is 3.03. The summed E-state index contributed by atoms with van der Waals surface area (Å²) in [6.07, 6.45) is 4.63. The van der Waals surface area contributed by atoms with E-state index in [1.54, 1.807) is 13.4 Å². The van der Waals surface area contributed by atoms with Gasteiger partial charge in [0.15, 0.2) is 0 Å². The molecule has 1 aromatic rings. The minimum absolute atomic E-state index is 0.749. The SMILES string of the molecule is CCc1ccc(C(=COC)CBr)nc1. The number of pyridine rings is 1. The van der Waals surface area contributed by atoms with Crippen molar-refractivity contribution in [2.24, 2.45) is 0 Å². The Morgan fingerprint density at radius 3 is 2.79 bits per heavy atom. The summed E-state index contributed by atoms with van der Waals surface area (Å²) < 4.78 is 4.97. The topological polar surface area (TPSA) is 22.1 Å². The van der Waals surface area contributed by atoms with Crippen molar-refractivity contribution in [1.29, 1.82) is 0 Å². The summed E-state index contributed by atoms with van der Waals surface area (Å²) in [5, 5.41) is 0.749. The molecule has 3 heteroatoms. The molecule has 14 heavy (non-hydrogen) atoms. The van der Waals surface area contributed by atoms with Crippen LogP contribution in [0.1, 0.15) is 18.2 Å². The summed E-state index contributed by atoms with van der Waals surface area (Å²) >= 11 is 3.40. The van der Waals surface area contributed by atoms with Gasteiger partial charge in [-0.15, -0.1) is 0 Å². The van der Waals surface area contributed by atoms with Crippen molar-refractivity contribution >= 4 is 21.5 Å². The quantitative estimate of drug-likeness (QED) is 0.610. The number of aromatic nitrogens is 1. The third kappa shape index (κ3) is 2.84. The van der Waals surface area contributed by atoms with Crippen LogP contribution < -0.4 is 0 Å². The van der Waals surface area contributed by atoms with Gasteiger partial charge in [0.05, 0.1) is 19.1 Å². The van der Waals surface area contributed by atoms with Gasteiger partial charge < -0.3 is 4.74 Å². The van der Waals surface area contributed by atoms with E-state index in [9.17, 15) is 0 Å². The fourth-order valence-electron chi connectivity index (χ4n) is 1.13. The van der Waals surface area contributed by atoms with Crippen molar-refractivity contribution in [2.45, 2.75) is 13.3 Å². The largest absolute Gasteiger partial charge is 0.504 e. The minimum atomic E-state index is 0.749. The Kier molecular flexibility index (Phi) is 4.66. The monoisotopic (exact) mass is 255 g/mol. The first-order chi connectivity index (χ1) is 6.81. The summed E-state index contributed by atoms with van der Waals surface area (Å²) in [5.41, 5.74) is 3.26. The third-order valence-corrected chi connectivity index (χ3v) is 2.57. The molecule has 0 saturated heterocycles. The van der Waals surface area contributed by atoms with Crippen LogP contribution in [0.3, 0.4) is 0 Å². The van der Waals surface area contributed by atoms with E-state index in [1.165, 1.54) is 5.56 Å². The highest BCUT2D eigenvalue weighted by molar-refractivity contribution is 9.09. The molecule has 0 bridgehead atoms. The summed E-state index contributed by atoms with van der Waals surface area (Å²) in [7, 11) is 1.64. The van der Waals surface area contributed by atoms with E-state index in [-0.39, 0.29) is 0 Å². The van der Waals surface area contributed by atoms with Gasteiger partial charge in [0.25, 0.3) is 0 Å². The highest BCUT2D eigenvalue weighted by atomic mass is 79.9. The maximum atomic E-state index is 4.97. The van der Waals surface area contributed by atoms with Gasteiger partial charge >= 0.3 is 0 Å². The Morgan fingerprint density at radius 2 is 2.36 bits per heavy atom. The zero-order chi connectivity index (χ0) is 10.4. The number of ether oxygens (including phenoxy) is 1. The second-order valence-electron chi connectivity index (χ2n) is 2.92. The van der Waals surface area contributed by atoms with Gasteiger partial charge in [0.2, 0.25) is 0 Å². The van der Waals surface area contributed by atoms with Crippen molar-refractivity contribution in [2.75, 3.05) is 12.4 Å². The van der Waals surface area contributed by atoms with Gasteiger partial charge in [-0.2, -0.15) is 0 Å². The number of methoxy groups -OCH3 is 1. The maximum Gasteiger partial charge on any atom is 0.0886 e. The number of alkyl halides is 1. The molecule has 0 aliphatic rings. The molecule has 1 rings (SSSR count). The van der Waals surface area contributed by atoms with Crippen LogP contribution in [0.15, 0.2) is 24.6 Å². The average Bonchev–Trinajstić information content (AvgIpc) is 2.26. The van der Waals surface area contributed by atoms with Crippen molar-refractivity contribution in [3.05, 3.63) is 35.8 Å². The molecule has 0 amide bonds. The molecule has 0 N–H and O–H groups in total. The molecule has 0 saturated carbocycles. The van der Waals surface area contributed by atoms with Crippen molar-refractivity contribution in [3.63, 3.8) is 0 Å². The van der Waals surface area contributed by atoms with Crippen LogP contribution in [0.2, 0.25) is 0 Å². The zero-order valence-corrected chi connectivity index (χ0v) is 10.0. The maximum absolute atomic E-state index is 4.97. The Hall–Kier alpha value is -0.830. The summed E-state index contributed by atoms with van der Waals surface area (Å²) in [4.78, 5) is 4.36. The highest BCUT2D eigenvalue weighted by Crippen LogP contribution is 2.14. The number of hydrogen-bond donors (Lipinski definition) is 0. The van der Waals surface area contributed by atoms with Gasteiger partial charge in [0.1, 0.15) is 0 Å². The number of nitrogens with zero attached hydrogens (tertiary/aromatic N) is 1. The molecule has 0 unspecified atom stereocenters. The number of halogens is 1. The van der Waals surface area contributed by atoms with E-state index < -0.39 is 0 Å². The van der Waals surface area contributed by atoms with Crippen molar-refractivity contribution in [3.8, 4) is 0 Å². The van der Waals surface area contributed by atoms with Crippen LogP contribution in [0.4, 0.5) is 0 Å². The first-order valence-electron chi connectivity index (χ1n) is 4.55. The summed E-state index contributed by atoms with van der Waals surface area (Å²) in [6, 6.07) is 4.11. The molecule has 2 nitrogen and oxygen atoms in total. The number of hydrogen-bond acceptors (Lipinski definition) is 2. The van der Waals surface area contributed by atoms with Crippen molar-refractivity contribution in [1.82, 2.24) is 4.98 Å². The molecule has 0 aromatic carbocycles. The second kappa shape index (κ2) is 5.81. The average molecular weight is 256 g/mol. The molecule has 0 radical (unpaired) electrons. The van der Waals surface area contributed by atoms with Crippen LogP contribution in [0.5, 0.6) is 0 Å². The molecule has 0 fully saturated rings. The molecule has 0 aliphatic carbocycles. The molecule has 0 spiro atoms. The van der Waals surface area contributed by atoms with Gasteiger partial charge in [-0.25, -0.2) is 0 Å². The second-order valence-corrected chi connectivity index (χ2v) is 3.48. The standard InChI is InChI=1S/C11H14BrNO/c1-3-9-4-5-11(13-7-9)10(6-12)8-14-2/h4-5,7-8H,3,6H2,1-2H3. The molecule has 1 aromatic heterocycles. The summed E-state index contributed by atoms with van der Waals surface area (Å²) in [5.74, 6) is 0. The Bertz CT molecular complexity index is 306. The normalized spacial score (nSPS) is 11.5. The molecular formula is C11H14BrNO. The number of rotatable bonds is 4. The van der Waals surface area contributed by atoms with Gasteiger partial charge in [-0.3, -0.25) is 4.98 Å². The molecular weight excluding hydrogens is 242 g/mol. The first-order valence-corrected chi connectivity index (χ1v) is 5.67. The van der Waals surface area contributed by atoms with E-state index in [4.69, 9.17) is 4.74 Å². The van der Waals surface area contributed by atoms with Crippen LogP contribution in [0, 0.1) is 0 Å². The minimum Gasteiger partial charge on any atom is -0.504 e. The van der Waals surface area contributed by atoms with E-state index in [0.29, 0.717) is 0 Å². The summed E-state index contributed by atoms with van der Waals surface area (Å²) in [6.45, 7) is 2.12.